The number of rotatable bonds is 3. The summed E-state index contributed by atoms with van der Waals surface area (Å²) in [5.41, 5.74) is 8.56. The zero-order valence-electron chi connectivity index (χ0n) is 11.0. The second kappa shape index (κ2) is 5.16. The van der Waals surface area contributed by atoms with Crippen LogP contribution in [0, 0.1) is 13.8 Å². The van der Waals surface area contributed by atoms with E-state index in [1.165, 1.54) is 18.2 Å². The van der Waals surface area contributed by atoms with Crippen LogP contribution in [0.15, 0.2) is 24.3 Å². The fraction of sp³-hybridized carbons (Fsp3) is 0.308. The van der Waals surface area contributed by atoms with E-state index in [1.54, 1.807) is 10.7 Å². The molecule has 0 saturated carbocycles. The first-order chi connectivity index (χ1) is 9.31. The van der Waals surface area contributed by atoms with Crippen molar-refractivity contribution in [3.63, 3.8) is 0 Å². The first-order valence-electron chi connectivity index (χ1n) is 5.93. The van der Waals surface area contributed by atoms with Gasteiger partial charge in [-0.2, -0.15) is 5.10 Å². The fourth-order valence-corrected chi connectivity index (χ4v) is 2.03. The molecule has 1 heterocycles. The highest BCUT2D eigenvalue weighted by atomic mass is 19.4. The van der Waals surface area contributed by atoms with Gasteiger partial charge in [0.1, 0.15) is 5.75 Å². The van der Waals surface area contributed by atoms with Crippen molar-refractivity contribution in [3.05, 3.63) is 41.2 Å². The van der Waals surface area contributed by atoms with E-state index in [2.05, 4.69) is 9.84 Å². The minimum Gasteiger partial charge on any atom is -0.406 e. The molecule has 2 aromatic rings. The van der Waals surface area contributed by atoms with E-state index >= 15 is 0 Å². The van der Waals surface area contributed by atoms with Crippen LogP contribution in [-0.2, 0) is 6.54 Å². The van der Waals surface area contributed by atoms with Crippen molar-refractivity contribution in [3.8, 4) is 11.4 Å². The molecule has 0 aliphatic rings. The van der Waals surface area contributed by atoms with Gasteiger partial charge in [0.15, 0.2) is 0 Å². The third kappa shape index (κ3) is 2.93. The number of aromatic nitrogens is 2. The van der Waals surface area contributed by atoms with Crippen molar-refractivity contribution < 1.29 is 17.9 Å². The average molecular weight is 285 g/mol. The van der Waals surface area contributed by atoms with Gasteiger partial charge in [-0.25, -0.2) is 4.68 Å². The molecule has 0 radical (unpaired) electrons. The Morgan fingerprint density at radius 2 is 2.00 bits per heavy atom. The van der Waals surface area contributed by atoms with E-state index in [-0.39, 0.29) is 5.75 Å². The van der Waals surface area contributed by atoms with Crippen molar-refractivity contribution in [2.75, 3.05) is 0 Å². The molecule has 20 heavy (non-hydrogen) atoms. The summed E-state index contributed by atoms with van der Waals surface area (Å²) in [6.45, 7) is 3.96. The molecule has 2 rings (SSSR count). The van der Waals surface area contributed by atoms with E-state index < -0.39 is 6.36 Å². The van der Waals surface area contributed by atoms with Gasteiger partial charge >= 0.3 is 6.36 Å². The average Bonchev–Trinajstić information content (AvgIpc) is 2.62. The summed E-state index contributed by atoms with van der Waals surface area (Å²) < 4.78 is 42.1. The van der Waals surface area contributed by atoms with Crippen LogP contribution in [0.4, 0.5) is 13.2 Å². The number of alkyl halides is 3. The van der Waals surface area contributed by atoms with Crippen molar-refractivity contribution in [2.24, 2.45) is 5.73 Å². The first kappa shape index (κ1) is 14.4. The molecule has 1 aromatic carbocycles. The SMILES string of the molecule is Cc1nn(-c2cccc(OC(F)(F)F)c2)c(C)c1CN. The lowest BCUT2D eigenvalue weighted by atomic mass is 10.2. The minimum atomic E-state index is -4.71. The number of hydrogen-bond donors (Lipinski definition) is 1. The lowest BCUT2D eigenvalue weighted by Gasteiger charge is -2.11. The highest BCUT2D eigenvalue weighted by Crippen LogP contribution is 2.25. The topological polar surface area (TPSA) is 53.1 Å². The fourth-order valence-electron chi connectivity index (χ4n) is 2.03. The molecule has 0 spiro atoms. The molecule has 0 saturated heterocycles. The standard InChI is InChI=1S/C13H14F3N3O/c1-8-12(7-17)9(2)19(18-8)10-4-3-5-11(6-10)20-13(14,15)16/h3-6H,7,17H2,1-2H3. The second-order valence-electron chi connectivity index (χ2n) is 4.31. The molecule has 4 nitrogen and oxygen atoms in total. The molecule has 1 aromatic heterocycles. The normalized spacial score (nSPS) is 11.7. The molecule has 0 aliphatic heterocycles. The lowest BCUT2D eigenvalue weighted by molar-refractivity contribution is -0.274. The maximum atomic E-state index is 12.2. The van der Waals surface area contributed by atoms with Gasteiger partial charge in [0.25, 0.3) is 0 Å². The second-order valence-corrected chi connectivity index (χ2v) is 4.31. The molecule has 0 amide bonds. The van der Waals surface area contributed by atoms with Gasteiger partial charge in [-0.05, 0) is 26.0 Å². The van der Waals surface area contributed by atoms with Gasteiger partial charge in [0.05, 0.1) is 11.4 Å². The zero-order valence-corrected chi connectivity index (χ0v) is 11.0. The largest absolute Gasteiger partial charge is 0.573 e. The number of benzene rings is 1. The maximum absolute atomic E-state index is 12.2. The third-order valence-corrected chi connectivity index (χ3v) is 2.94. The molecule has 2 N–H and O–H groups in total. The Morgan fingerprint density at radius 1 is 1.30 bits per heavy atom. The molecule has 0 aliphatic carbocycles. The van der Waals surface area contributed by atoms with Gasteiger partial charge < -0.3 is 10.5 Å². The van der Waals surface area contributed by atoms with Crippen molar-refractivity contribution in [1.29, 1.82) is 0 Å². The van der Waals surface area contributed by atoms with Crippen LogP contribution in [0.5, 0.6) is 5.75 Å². The Bertz CT molecular complexity index is 620. The van der Waals surface area contributed by atoms with E-state index in [0.717, 1.165) is 17.0 Å². The zero-order chi connectivity index (χ0) is 14.9. The maximum Gasteiger partial charge on any atom is 0.573 e. The Balaban J connectivity index is 2.41. The highest BCUT2D eigenvalue weighted by Gasteiger charge is 2.31. The number of nitrogens with two attached hydrogens (primary N) is 1. The van der Waals surface area contributed by atoms with Crippen molar-refractivity contribution in [2.45, 2.75) is 26.8 Å². The summed E-state index contributed by atoms with van der Waals surface area (Å²) in [5, 5.41) is 4.29. The monoisotopic (exact) mass is 285 g/mol. The van der Waals surface area contributed by atoms with Crippen LogP contribution in [0.2, 0.25) is 0 Å². The predicted molar refractivity (Wildman–Crippen MR) is 67.6 cm³/mol. The Hall–Kier alpha value is -2.02. The first-order valence-corrected chi connectivity index (χ1v) is 5.93. The molecular formula is C13H14F3N3O. The Kier molecular flexibility index (Phi) is 3.71. The number of halogens is 3. The molecule has 7 heteroatoms. The van der Waals surface area contributed by atoms with Crippen LogP contribution in [0.3, 0.4) is 0 Å². The van der Waals surface area contributed by atoms with E-state index in [4.69, 9.17) is 5.73 Å². The summed E-state index contributed by atoms with van der Waals surface area (Å²) in [7, 11) is 0. The number of nitrogens with zero attached hydrogens (tertiary/aromatic N) is 2. The number of hydrogen-bond acceptors (Lipinski definition) is 3. The van der Waals surface area contributed by atoms with Gasteiger partial charge in [-0.1, -0.05) is 6.07 Å². The molecule has 108 valence electrons. The number of aryl methyl sites for hydroxylation is 1. The van der Waals surface area contributed by atoms with E-state index in [9.17, 15) is 13.2 Å². The van der Waals surface area contributed by atoms with Gasteiger partial charge in [0, 0.05) is 23.9 Å². The summed E-state index contributed by atoms with van der Waals surface area (Å²) in [6, 6.07) is 5.66. The molecule has 0 fully saturated rings. The number of ether oxygens (including phenoxy) is 1. The van der Waals surface area contributed by atoms with Crippen LogP contribution in [0.25, 0.3) is 5.69 Å². The quantitative estimate of drug-likeness (QED) is 0.943. The van der Waals surface area contributed by atoms with Crippen molar-refractivity contribution in [1.82, 2.24) is 9.78 Å². The van der Waals surface area contributed by atoms with E-state index in [0.29, 0.717) is 12.2 Å². The predicted octanol–water partition coefficient (Wildman–Crippen LogP) is 2.85. The molecule has 0 atom stereocenters. The summed E-state index contributed by atoms with van der Waals surface area (Å²) in [6.07, 6.45) is -4.71. The summed E-state index contributed by atoms with van der Waals surface area (Å²) >= 11 is 0. The van der Waals surface area contributed by atoms with Gasteiger partial charge in [0.2, 0.25) is 0 Å². The molecular weight excluding hydrogens is 271 g/mol. The minimum absolute atomic E-state index is 0.281. The van der Waals surface area contributed by atoms with Crippen molar-refractivity contribution >= 4 is 0 Å². The Morgan fingerprint density at radius 3 is 2.55 bits per heavy atom. The highest BCUT2D eigenvalue weighted by molar-refractivity contribution is 5.42. The van der Waals surface area contributed by atoms with E-state index in [1.807, 2.05) is 13.8 Å². The molecule has 0 bridgehead atoms. The molecule has 0 unspecified atom stereocenters. The van der Waals surface area contributed by atoms with Gasteiger partial charge in [-0.3, -0.25) is 0 Å². The van der Waals surface area contributed by atoms with Gasteiger partial charge in [-0.15, -0.1) is 13.2 Å². The summed E-state index contributed by atoms with van der Waals surface area (Å²) in [4.78, 5) is 0. The third-order valence-electron chi connectivity index (χ3n) is 2.94. The Labute approximate surface area is 114 Å². The van der Waals surface area contributed by atoms with Crippen LogP contribution in [-0.4, -0.2) is 16.1 Å². The lowest BCUT2D eigenvalue weighted by Crippen LogP contribution is -2.17. The van der Waals surface area contributed by atoms with Crippen LogP contribution in [0.1, 0.15) is 17.0 Å². The smallest absolute Gasteiger partial charge is 0.406 e. The van der Waals surface area contributed by atoms with Crippen LogP contribution < -0.4 is 10.5 Å². The van der Waals surface area contributed by atoms with Crippen LogP contribution >= 0.6 is 0 Å². The summed E-state index contributed by atoms with van der Waals surface area (Å²) in [5.74, 6) is -0.281.